The fourth-order valence-electron chi connectivity index (χ4n) is 3.89. The van der Waals surface area contributed by atoms with Gasteiger partial charge in [-0.25, -0.2) is 0 Å². The molecule has 9 nitrogen and oxygen atoms in total. The van der Waals surface area contributed by atoms with E-state index < -0.39 is 0 Å². The fraction of sp³-hybridized carbons (Fsp3) is 0.320. The number of rotatable bonds is 8. The van der Waals surface area contributed by atoms with Gasteiger partial charge in [0.25, 0.3) is 0 Å². The van der Waals surface area contributed by atoms with E-state index in [-0.39, 0.29) is 11.9 Å². The molecule has 3 aromatic rings. The number of aromatic nitrogens is 3. The Labute approximate surface area is 197 Å². The highest BCUT2D eigenvalue weighted by Gasteiger charge is 2.20. The van der Waals surface area contributed by atoms with Crippen LogP contribution in [0, 0.1) is 0 Å². The molecule has 4 rings (SSSR count). The van der Waals surface area contributed by atoms with Crippen LogP contribution >= 0.6 is 0 Å². The molecular weight excluding hydrogens is 434 g/mol. The maximum Gasteiger partial charge on any atom is 0.315 e. The molecule has 0 spiro atoms. The maximum atomic E-state index is 11.8. The second-order valence-electron chi connectivity index (χ2n) is 8.42. The average molecular weight is 462 g/mol. The molecule has 176 valence electrons. The number of carbonyl (C=O) groups excluding carboxylic acids is 2. The monoisotopic (exact) mass is 461 g/mol. The van der Waals surface area contributed by atoms with Crippen LogP contribution in [0.25, 0.3) is 11.4 Å². The highest BCUT2D eigenvalue weighted by atomic mass is 16.5. The molecule has 0 aliphatic carbocycles. The van der Waals surface area contributed by atoms with Gasteiger partial charge in [-0.1, -0.05) is 43.2 Å². The summed E-state index contributed by atoms with van der Waals surface area (Å²) in [6.07, 6.45) is 3.25. The van der Waals surface area contributed by atoms with Crippen molar-refractivity contribution < 1.29 is 19.4 Å². The Hall–Kier alpha value is -3.85. The van der Waals surface area contributed by atoms with Gasteiger partial charge >= 0.3 is 6.01 Å². The summed E-state index contributed by atoms with van der Waals surface area (Å²) in [5.41, 5.74) is 3.97. The van der Waals surface area contributed by atoms with Gasteiger partial charge < -0.3 is 9.84 Å². The van der Waals surface area contributed by atoms with Crippen LogP contribution < -0.4 is 0 Å². The van der Waals surface area contributed by atoms with Gasteiger partial charge in [-0.3, -0.25) is 19.2 Å². The lowest BCUT2D eigenvalue weighted by atomic mass is 9.92. The van der Waals surface area contributed by atoms with Crippen LogP contribution in [-0.2, 0) is 11.3 Å². The molecule has 0 unspecified atom stereocenters. The molecular formula is C25H27N5O4. The Bertz CT molecular complexity index is 1190. The first-order valence-corrected chi connectivity index (χ1v) is 11.2. The third-order valence-corrected chi connectivity index (χ3v) is 5.78. The topological polar surface area (TPSA) is 110 Å². The first-order chi connectivity index (χ1) is 16.5. The van der Waals surface area contributed by atoms with E-state index in [1.807, 2.05) is 49.3 Å². The van der Waals surface area contributed by atoms with Crippen molar-refractivity contribution in [1.82, 2.24) is 19.8 Å². The zero-order valence-electron chi connectivity index (χ0n) is 19.2. The van der Waals surface area contributed by atoms with Crippen LogP contribution in [0.3, 0.4) is 0 Å². The van der Waals surface area contributed by atoms with Gasteiger partial charge in [0, 0.05) is 16.7 Å². The van der Waals surface area contributed by atoms with Gasteiger partial charge in [0.1, 0.15) is 6.29 Å². The van der Waals surface area contributed by atoms with Gasteiger partial charge in [0.15, 0.2) is 12.1 Å². The van der Waals surface area contributed by atoms with Crippen molar-refractivity contribution >= 4 is 18.8 Å². The number of morpholine rings is 1. The quantitative estimate of drug-likeness (QED) is 0.405. The van der Waals surface area contributed by atoms with Crippen molar-refractivity contribution in [3.63, 3.8) is 0 Å². The van der Waals surface area contributed by atoms with Crippen LogP contribution in [0.15, 0.2) is 41.5 Å². The predicted octanol–water partition coefficient (Wildman–Crippen LogP) is 3.11. The van der Waals surface area contributed by atoms with E-state index in [1.165, 1.54) is 0 Å². The van der Waals surface area contributed by atoms with Crippen molar-refractivity contribution in [2.45, 2.75) is 26.3 Å². The second kappa shape index (κ2) is 10.4. The molecule has 1 aromatic heterocycles. The van der Waals surface area contributed by atoms with Crippen molar-refractivity contribution in [3.05, 3.63) is 64.2 Å². The average Bonchev–Trinajstić information content (AvgIpc) is 3.22. The molecule has 1 N–H and O–H groups in total. The van der Waals surface area contributed by atoms with E-state index in [1.54, 1.807) is 16.7 Å². The van der Waals surface area contributed by atoms with Gasteiger partial charge in [0.05, 0.1) is 39.1 Å². The number of hydrogen-bond donors (Lipinski definition) is 1. The van der Waals surface area contributed by atoms with E-state index in [2.05, 4.69) is 15.3 Å². The number of benzene rings is 2. The number of hydrazone groups is 1. The number of ether oxygens (including phenoxy) is 1. The Kier molecular flexibility index (Phi) is 7.12. The lowest BCUT2D eigenvalue weighted by Crippen LogP contribution is -2.32. The van der Waals surface area contributed by atoms with Gasteiger partial charge in [-0.05, 0) is 34.7 Å². The van der Waals surface area contributed by atoms with Crippen molar-refractivity contribution in [2.75, 3.05) is 26.3 Å². The standard InChI is InChI=1S/C25H27N5O4/c1-17(2)22-12-23(21(16-32)11-20(22)15-31)24-27-28-25(33)30(24)14-19-5-3-18(4-6-19)13-26-29-7-9-34-10-8-29/h3-6,11-13,15-17H,7-10,14H2,1-2H3,(H,28,33). The van der Waals surface area contributed by atoms with Crippen molar-refractivity contribution in [1.29, 1.82) is 0 Å². The lowest BCUT2D eigenvalue weighted by molar-refractivity contribution is 0.0397. The highest BCUT2D eigenvalue weighted by molar-refractivity contribution is 5.91. The Morgan fingerprint density at radius 1 is 1.06 bits per heavy atom. The maximum absolute atomic E-state index is 11.8. The van der Waals surface area contributed by atoms with E-state index in [9.17, 15) is 14.7 Å². The summed E-state index contributed by atoms with van der Waals surface area (Å²) in [5.74, 6) is 0.424. The third-order valence-electron chi connectivity index (χ3n) is 5.78. The minimum atomic E-state index is -0.254. The van der Waals surface area contributed by atoms with Crippen molar-refractivity contribution in [2.24, 2.45) is 5.10 Å². The van der Waals surface area contributed by atoms with Crippen LogP contribution in [0.4, 0.5) is 0 Å². The number of aldehydes is 2. The largest absolute Gasteiger partial charge is 0.479 e. The number of carbonyl (C=O) groups is 2. The number of hydrogen-bond acceptors (Lipinski definition) is 8. The predicted molar refractivity (Wildman–Crippen MR) is 128 cm³/mol. The Balaban J connectivity index is 1.60. The molecule has 0 amide bonds. The highest BCUT2D eigenvalue weighted by Crippen LogP contribution is 2.30. The fourth-order valence-corrected chi connectivity index (χ4v) is 3.89. The van der Waals surface area contributed by atoms with Crippen LogP contribution in [-0.4, -0.2) is 70.0 Å². The Morgan fingerprint density at radius 3 is 2.41 bits per heavy atom. The van der Waals surface area contributed by atoms with Crippen LogP contribution in [0.5, 0.6) is 6.01 Å². The van der Waals surface area contributed by atoms with E-state index in [4.69, 9.17) is 4.74 Å². The normalized spacial score (nSPS) is 14.1. The van der Waals surface area contributed by atoms with Gasteiger partial charge in [-0.15, -0.1) is 5.10 Å². The zero-order valence-corrected chi connectivity index (χ0v) is 19.2. The van der Waals surface area contributed by atoms with E-state index in [0.29, 0.717) is 48.6 Å². The minimum Gasteiger partial charge on any atom is -0.479 e. The molecule has 0 bridgehead atoms. The molecule has 1 aliphatic heterocycles. The summed E-state index contributed by atoms with van der Waals surface area (Å²) in [6, 6.07) is 10.9. The molecule has 9 heteroatoms. The smallest absolute Gasteiger partial charge is 0.315 e. The summed E-state index contributed by atoms with van der Waals surface area (Å²) >= 11 is 0. The summed E-state index contributed by atoms with van der Waals surface area (Å²) in [4.78, 5) is 23.3. The number of nitrogens with zero attached hydrogens (tertiary/aromatic N) is 5. The van der Waals surface area contributed by atoms with Gasteiger partial charge in [-0.2, -0.15) is 5.10 Å². The molecule has 2 heterocycles. The lowest BCUT2D eigenvalue weighted by Gasteiger charge is -2.23. The zero-order chi connectivity index (χ0) is 24.1. The molecule has 34 heavy (non-hydrogen) atoms. The first kappa shape index (κ1) is 23.3. The minimum absolute atomic E-state index is 0.0660. The summed E-state index contributed by atoms with van der Waals surface area (Å²) < 4.78 is 6.87. The van der Waals surface area contributed by atoms with E-state index in [0.717, 1.165) is 36.1 Å². The Morgan fingerprint density at radius 2 is 1.76 bits per heavy atom. The van der Waals surface area contributed by atoms with Crippen molar-refractivity contribution in [3.8, 4) is 17.4 Å². The van der Waals surface area contributed by atoms with Crippen LogP contribution in [0.1, 0.15) is 57.2 Å². The SMILES string of the molecule is CC(C)c1cc(-c2nnc(O)n2Cc2ccc(C=NN3CCOCC3)cc2)c(C=O)cc1C=O. The second-order valence-corrected chi connectivity index (χ2v) is 8.42. The van der Waals surface area contributed by atoms with Gasteiger partial charge in [0.2, 0.25) is 0 Å². The van der Waals surface area contributed by atoms with Crippen LogP contribution in [0.2, 0.25) is 0 Å². The molecule has 2 aromatic carbocycles. The summed E-state index contributed by atoms with van der Waals surface area (Å²) in [6.45, 7) is 7.17. The first-order valence-electron chi connectivity index (χ1n) is 11.2. The molecule has 1 fully saturated rings. The third kappa shape index (κ3) is 5.04. The molecule has 1 saturated heterocycles. The molecule has 1 aliphatic rings. The summed E-state index contributed by atoms with van der Waals surface area (Å²) in [7, 11) is 0. The molecule has 0 atom stereocenters. The molecule has 0 radical (unpaired) electrons. The molecule has 0 saturated carbocycles. The summed E-state index contributed by atoms with van der Waals surface area (Å²) in [5, 5.41) is 24.8. The van der Waals surface area contributed by atoms with E-state index >= 15 is 0 Å². The number of aromatic hydroxyl groups is 1.